The van der Waals surface area contributed by atoms with Gasteiger partial charge in [0.1, 0.15) is 0 Å². The van der Waals surface area contributed by atoms with Gasteiger partial charge in [0.05, 0.1) is 12.1 Å². The molecule has 6 nitrogen and oxygen atoms in total. The van der Waals surface area contributed by atoms with Gasteiger partial charge in [0.25, 0.3) is 5.91 Å². The zero-order chi connectivity index (χ0) is 18.3. The summed E-state index contributed by atoms with van der Waals surface area (Å²) < 4.78 is 26.9. The van der Waals surface area contributed by atoms with Gasteiger partial charge in [-0.25, -0.2) is 8.78 Å². The summed E-state index contributed by atoms with van der Waals surface area (Å²) >= 11 is 0. The van der Waals surface area contributed by atoms with E-state index >= 15 is 0 Å². The molecule has 4 rings (SSSR count). The number of nitrogens with one attached hydrogen (secondary N) is 3. The van der Waals surface area contributed by atoms with Crippen LogP contribution in [0.1, 0.15) is 39.8 Å². The van der Waals surface area contributed by atoms with Crippen LogP contribution in [-0.4, -0.2) is 47.2 Å². The van der Waals surface area contributed by atoms with Crippen molar-refractivity contribution >= 4 is 18.3 Å². The van der Waals surface area contributed by atoms with Crippen LogP contribution in [0.4, 0.5) is 8.78 Å². The van der Waals surface area contributed by atoms with Crippen molar-refractivity contribution in [3.8, 4) is 0 Å². The number of aromatic amines is 1. The van der Waals surface area contributed by atoms with Crippen LogP contribution in [0.2, 0.25) is 0 Å². The van der Waals surface area contributed by atoms with Crippen LogP contribution in [-0.2, 0) is 13.0 Å². The maximum absolute atomic E-state index is 13.7. The Kier molecular flexibility index (Phi) is 5.78. The minimum atomic E-state index is -0.875. The fourth-order valence-corrected chi connectivity index (χ4v) is 3.93. The van der Waals surface area contributed by atoms with Crippen LogP contribution in [0.15, 0.2) is 18.2 Å². The van der Waals surface area contributed by atoms with Crippen molar-refractivity contribution in [1.29, 1.82) is 0 Å². The Balaban J connectivity index is 0.00000210. The van der Waals surface area contributed by atoms with Gasteiger partial charge in [-0.05, 0) is 31.2 Å². The summed E-state index contributed by atoms with van der Waals surface area (Å²) in [5.41, 5.74) is 2.96. The minimum absolute atomic E-state index is 0. The number of likely N-dealkylation sites (tertiary alicyclic amines) is 1. The lowest BCUT2D eigenvalue weighted by atomic mass is 9.99. The molecule has 0 aliphatic carbocycles. The Morgan fingerprint density at radius 1 is 1.33 bits per heavy atom. The number of rotatable bonds is 3. The number of fused-ring (bicyclic) bond motifs is 1. The molecular weight excluding hydrogens is 376 g/mol. The Morgan fingerprint density at radius 2 is 2.15 bits per heavy atom. The maximum atomic E-state index is 13.7. The molecular formula is C18H22ClF2N5O. The molecule has 146 valence electrons. The number of likely N-dealkylation sites (N-methyl/N-ethyl adjacent to an activating group) is 1. The Morgan fingerprint density at radius 3 is 2.93 bits per heavy atom. The van der Waals surface area contributed by atoms with Crippen molar-refractivity contribution in [3.63, 3.8) is 0 Å². The van der Waals surface area contributed by atoms with Crippen LogP contribution in [0.5, 0.6) is 0 Å². The molecule has 0 spiro atoms. The van der Waals surface area contributed by atoms with Crippen molar-refractivity contribution in [1.82, 2.24) is 25.7 Å². The van der Waals surface area contributed by atoms with Crippen molar-refractivity contribution in [2.24, 2.45) is 0 Å². The number of aromatic nitrogens is 2. The lowest BCUT2D eigenvalue weighted by Gasteiger charge is -2.26. The van der Waals surface area contributed by atoms with Gasteiger partial charge in [0.2, 0.25) is 0 Å². The molecule has 2 atom stereocenters. The van der Waals surface area contributed by atoms with E-state index in [4.69, 9.17) is 0 Å². The Hall–Kier alpha value is -2.03. The summed E-state index contributed by atoms with van der Waals surface area (Å²) in [5.74, 6) is -1.98. The highest BCUT2D eigenvalue weighted by atomic mass is 35.5. The average molecular weight is 398 g/mol. The number of amides is 1. The first-order valence-electron chi connectivity index (χ1n) is 8.77. The molecule has 0 bridgehead atoms. The summed E-state index contributed by atoms with van der Waals surface area (Å²) in [6, 6.07) is 3.51. The van der Waals surface area contributed by atoms with E-state index < -0.39 is 11.6 Å². The SMILES string of the molecule is CN1CCC(NC(=O)c2n[nH]c3c2CNCC3)C1c1ccc(F)c(F)c1.Cl. The number of carbonyl (C=O) groups excluding carboxylic acids is 1. The summed E-state index contributed by atoms with van der Waals surface area (Å²) in [6.45, 7) is 2.24. The zero-order valence-corrected chi connectivity index (χ0v) is 15.7. The first kappa shape index (κ1) is 19.7. The number of benzene rings is 1. The van der Waals surface area contributed by atoms with Gasteiger partial charge in [-0.2, -0.15) is 5.10 Å². The molecule has 1 aromatic carbocycles. The largest absolute Gasteiger partial charge is 0.346 e. The van der Waals surface area contributed by atoms with E-state index in [2.05, 4.69) is 20.8 Å². The molecule has 1 amide bonds. The maximum Gasteiger partial charge on any atom is 0.272 e. The minimum Gasteiger partial charge on any atom is -0.346 e. The molecule has 2 aromatic rings. The topological polar surface area (TPSA) is 73.0 Å². The van der Waals surface area contributed by atoms with Crippen molar-refractivity contribution < 1.29 is 13.6 Å². The van der Waals surface area contributed by atoms with E-state index in [0.29, 0.717) is 17.8 Å². The van der Waals surface area contributed by atoms with Gasteiger partial charge in [-0.3, -0.25) is 14.8 Å². The van der Waals surface area contributed by atoms with Gasteiger partial charge in [-0.15, -0.1) is 12.4 Å². The van der Waals surface area contributed by atoms with Gasteiger partial charge in [0.15, 0.2) is 17.3 Å². The van der Waals surface area contributed by atoms with Crippen LogP contribution in [0.25, 0.3) is 0 Å². The summed E-state index contributed by atoms with van der Waals surface area (Å²) in [7, 11) is 1.92. The fourth-order valence-electron chi connectivity index (χ4n) is 3.93. The van der Waals surface area contributed by atoms with Crippen LogP contribution in [0.3, 0.4) is 0 Å². The number of H-pyrrole nitrogens is 1. The third kappa shape index (κ3) is 3.69. The smallest absolute Gasteiger partial charge is 0.272 e. The molecule has 27 heavy (non-hydrogen) atoms. The fraction of sp³-hybridized carbons (Fsp3) is 0.444. The molecule has 3 heterocycles. The van der Waals surface area contributed by atoms with Crippen LogP contribution in [0, 0.1) is 11.6 Å². The molecule has 2 aliphatic rings. The van der Waals surface area contributed by atoms with E-state index in [1.165, 1.54) is 6.07 Å². The van der Waals surface area contributed by atoms with Crippen molar-refractivity contribution in [2.75, 3.05) is 20.1 Å². The highest BCUT2D eigenvalue weighted by molar-refractivity contribution is 5.94. The monoisotopic (exact) mass is 397 g/mol. The summed E-state index contributed by atoms with van der Waals surface area (Å²) in [6.07, 6.45) is 1.55. The van der Waals surface area contributed by atoms with Crippen molar-refractivity contribution in [3.05, 3.63) is 52.3 Å². The van der Waals surface area contributed by atoms with Gasteiger partial charge in [-0.1, -0.05) is 6.07 Å². The Bertz CT molecular complexity index is 843. The van der Waals surface area contributed by atoms with Crippen molar-refractivity contribution in [2.45, 2.75) is 31.5 Å². The highest BCUT2D eigenvalue weighted by Gasteiger charge is 2.35. The standard InChI is InChI=1S/C18H21F2N5O.ClH/c1-25-7-5-15(17(25)10-2-3-12(19)13(20)8-10)22-18(26)16-11-9-21-6-4-14(11)23-24-16;/h2-3,8,15,17,21H,4-7,9H2,1H3,(H,22,26)(H,23,24);1H. The highest BCUT2D eigenvalue weighted by Crippen LogP contribution is 2.32. The molecule has 3 N–H and O–H groups in total. The molecule has 2 unspecified atom stereocenters. The third-order valence-corrected chi connectivity index (χ3v) is 5.27. The number of halogens is 3. The number of nitrogens with zero attached hydrogens (tertiary/aromatic N) is 2. The molecule has 9 heteroatoms. The number of carbonyl (C=O) groups is 1. The van der Waals surface area contributed by atoms with Gasteiger partial charge in [0, 0.05) is 37.3 Å². The quantitative estimate of drug-likeness (QED) is 0.740. The molecule has 0 radical (unpaired) electrons. The predicted octanol–water partition coefficient (Wildman–Crippen LogP) is 1.93. The van der Waals surface area contributed by atoms with E-state index in [-0.39, 0.29) is 30.4 Å². The second-order valence-electron chi connectivity index (χ2n) is 6.92. The Labute approximate surface area is 162 Å². The van der Waals surface area contributed by atoms with E-state index in [9.17, 15) is 13.6 Å². The van der Waals surface area contributed by atoms with E-state index in [0.717, 1.165) is 43.3 Å². The predicted molar refractivity (Wildman–Crippen MR) is 98.8 cm³/mol. The third-order valence-electron chi connectivity index (χ3n) is 5.27. The normalized spacial score (nSPS) is 22.2. The lowest BCUT2D eigenvalue weighted by molar-refractivity contribution is 0.0921. The summed E-state index contributed by atoms with van der Waals surface area (Å²) in [5, 5.41) is 13.4. The second kappa shape index (κ2) is 7.92. The molecule has 0 saturated carbocycles. The lowest BCUT2D eigenvalue weighted by Crippen LogP contribution is -2.39. The van der Waals surface area contributed by atoms with Crippen LogP contribution < -0.4 is 10.6 Å². The first-order valence-corrected chi connectivity index (χ1v) is 8.77. The molecule has 1 aromatic heterocycles. The van der Waals surface area contributed by atoms with Crippen LogP contribution >= 0.6 is 12.4 Å². The first-order chi connectivity index (χ1) is 12.5. The average Bonchev–Trinajstić information content (AvgIpc) is 3.21. The van der Waals surface area contributed by atoms with Gasteiger partial charge >= 0.3 is 0 Å². The zero-order valence-electron chi connectivity index (χ0n) is 14.9. The van der Waals surface area contributed by atoms with Gasteiger partial charge < -0.3 is 10.6 Å². The molecule has 2 aliphatic heterocycles. The number of hydrogen-bond donors (Lipinski definition) is 3. The molecule has 1 fully saturated rings. The summed E-state index contributed by atoms with van der Waals surface area (Å²) in [4.78, 5) is 14.8. The van der Waals surface area contributed by atoms with E-state index in [1.54, 1.807) is 6.07 Å². The van der Waals surface area contributed by atoms with E-state index in [1.807, 2.05) is 11.9 Å². The second-order valence-corrected chi connectivity index (χ2v) is 6.92. The molecule has 1 saturated heterocycles. The number of hydrogen-bond acceptors (Lipinski definition) is 4.